The molecular formula is C16H23N3O2. The molecule has 0 radical (unpaired) electrons. The van der Waals surface area contributed by atoms with Gasteiger partial charge in [0.05, 0.1) is 0 Å². The van der Waals surface area contributed by atoms with E-state index in [1.807, 2.05) is 38.1 Å². The van der Waals surface area contributed by atoms with Crippen LogP contribution in [0.4, 0.5) is 11.4 Å². The van der Waals surface area contributed by atoms with Crippen LogP contribution >= 0.6 is 0 Å². The van der Waals surface area contributed by atoms with Crippen molar-refractivity contribution in [2.45, 2.75) is 39.2 Å². The smallest absolute Gasteiger partial charge is 0.227 e. The van der Waals surface area contributed by atoms with Crippen LogP contribution in [-0.4, -0.2) is 24.4 Å². The van der Waals surface area contributed by atoms with Crippen molar-refractivity contribution in [3.8, 4) is 0 Å². The number of anilines is 2. The minimum Gasteiger partial charge on any atom is -0.327 e. The number of hydrogen-bond acceptors (Lipinski definition) is 3. The molecule has 1 aromatic carbocycles. The van der Waals surface area contributed by atoms with Crippen LogP contribution in [0.25, 0.3) is 0 Å². The Labute approximate surface area is 125 Å². The van der Waals surface area contributed by atoms with Gasteiger partial charge in [-0.15, -0.1) is 0 Å². The van der Waals surface area contributed by atoms with Gasteiger partial charge in [-0.25, -0.2) is 0 Å². The molecule has 5 heteroatoms. The molecule has 0 spiro atoms. The first kappa shape index (κ1) is 15.5. The second-order valence-electron chi connectivity index (χ2n) is 5.86. The molecule has 2 amide bonds. The Morgan fingerprint density at radius 3 is 2.81 bits per heavy atom. The van der Waals surface area contributed by atoms with Crippen LogP contribution in [0.2, 0.25) is 0 Å². The Hall–Kier alpha value is -1.88. The van der Waals surface area contributed by atoms with Crippen LogP contribution in [0.5, 0.6) is 0 Å². The normalized spacial score (nSPS) is 16.4. The highest BCUT2D eigenvalue weighted by Gasteiger charge is 2.22. The first-order valence-electron chi connectivity index (χ1n) is 7.43. The number of carbonyl (C=O) groups is 2. The Bertz CT molecular complexity index is 528. The van der Waals surface area contributed by atoms with Gasteiger partial charge in [-0.3, -0.25) is 9.59 Å². The minimum absolute atomic E-state index is 0.0962. The number of amides is 2. The van der Waals surface area contributed by atoms with E-state index in [0.717, 1.165) is 18.7 Å². The third-order valence-electron chi connectivity index (χ3n) is 3.79. The first-order chi connectivity index (χ1) is 9.97. The fourth-order valence-electron chi connectivity index (χ4n) is 2.33. The quantitative estimate of drug-likeness (QED) is 0.872. The summed E-state index contributed by atoms with van der Waals surface area (Å²) in [6.45, 7) is 4.74. The molecule has 1 unspecified atom stereocenters. The average Bonchev–Trinajstić information content (AvgIpc) is 2.85. The molecule has 0 aromatic heterocycles. The molecule has 1 saturated heterocycles. The second-order valence-corrected chi connectivity index (χ2v) is 5.86. The SMILES string of the molecule is CC(C)C(N)CC(=O)Nc1cccc(N2CCCC2=O)c1. The van der Waals surface area contributed by atoms with Crippen LogP contribution in [0, 0.1) is 5.92 Å². The highest BCUT2D eigenvalue weighted by Crippen LogP contribution is 2.24. The molecule has 1 fully saturated rings. The van der Waals surface area contributed by atoms with Gasteiger partial charge in [0.1, 0.15) is 0 Å². The van der Waals surface area contributed by atoms with Gasteiger partial charge >= 0.3 is 0 Å². The lowest BCUT2D eigenvalue weighted by Gasteiger charge is -2.18. The number of nitrogens with zero attached hydrogens (tertiary/aromatic N) is 1. The van der Waals surface area contributed by atoms with E-state index in [9.17, 15) is 9.59 Å². The lowest BCUT2D eigenvalue weighted by molar-refractivity contribution is -0.117. The van der Waals surface area contributed by atoms with Crippen LogP contribution in [0.15, 0.2) is 24.3 Å². The number of nitrogens with one attached hydrogen (secondary N) is 1. The fourth-order valence-corrected chi connectivity index (χ4v) is 2.33. The van der Waals surface area contributed by atoms with Gasteiger partial charge in [0, 0.05) is 36.8 Å². The summed E-state index contributed by atoms with van der Waals surface area (Å²) in [4.78, 5) is 25.5. The van der Waals surface area contributed by atoms with E-state index in [2.05, 4.69) is 5.32 Å². The van der Waals surface area contributed by atoms with E-state index in [4.69, 9.17) is 5.73 Å². The maximum Gasteiger partial charge on any atom is 0.227 e. The molecule has 0 bridgehead atoms. The van der Waals surface area contributed by atoms with E-state index in [-0.39, 0.29) is 23.8 Å². The lowest BCUT2D eigenvalue weighted by Crippen LogP contribution is -2.31. The molecule has 5 nitrogen and oxygen atoms in total. The first-order valence-corrected chi connectivity index (χ1v) is 7.43. The summed E-state index contributed by atoms with van der Waals surface area (Å²) in [6, 6.07) is 7.25. The number of hydrogen-bond donors (Lipinski definition) is 2. The van der Waals surface area contributed by atoms with Crippen LogP contribution < -0.4 is 16.0 Å². The largest absolute Gasteiger partial charge is 0.327 e. The summed E-state index contributed by atoms with van der Waals surface area (Å²) in [5.41, 5.74) is 7.44. The minimum atomic E-state index is -0.145. The predicted molar refractivity (Wildman–Crippen MR) is 84.1 cm³/mol. The Kier molecular flexibility index (Phi) is 4.96. The molecule has 0 saturated carbocycles. The van der Waals surface area contributed by atoms with Gasteiger partial charge < -0.3 is 16.0 Å². The number of rotatable bonds is 5. The van der Waals surface area contributed by atoms with Gasteiger partial charge in [0.2, 0.25) is 11.8 Å². The van der Waals surface area contributed by atoms with Crippen molar-refractivity contribution in [1.29, 1.82) is 0 Å². The standard InChI is InChI=1S/C16H23N3O2/c1-11(2)14(17)10-15(20)18-12-5-3-6-13(9-12)19-8-4-7-16(19)21/h3,5-6,9,11,14H,4,7-8,10,17H2,1-2H3,(H,18,20). The molecule has 1 aliphatic heterocycles. The molecular weight excluding hydrogens is 266 g/mol. The van der Waals surface area contributed by atoms with Crippen molar-refractivity contribution in [3.63, 3.8) is 0 Å². The van der Waals surface area contributed by atoms with E-state index in [1.54, 1.807) is 4.90 Å². The molecule has 0 aliphatic carbocycles. The second kappa shape index (κ2) is 6.72. The summed E-state index contributed by atoms with van der Waals surface area (Å²) >= 11 is 0. The monoisotopic (exact) mass is 289 g/mol. The number of benzene rings is 1. The molecule has 1 atom stereocenters. The van der Waals surface area contributed by atoms with Crippen molar-refractivity contribution in [1.82, 2.24) is 0 Å². The molecule has 2 rings (SSSR count). The topological polar surface area (TPSA) is 75.4 Å². The van der Waals surface area contributed by atoms with Crippen molar-refractivity contribution < 1.29 is 9.59 Å². The van der Waals surface area contributed by atoms with Crippen molar-refractivity contribution in [3.05, 3.63) is 24.3 Å². The third kappa shape index (κ3) is 4.04. The number of carbonyl (C=O) groups excluding carboxylic acids is 2. The van der Waals surface area contributed by atoms with E-state index >= 15 is 0 Å². The summed E-state index contributed by atoms with van der Waals surface area (Å²) in [6.07, 6.45) is 1.78. The maximum atomic E-state index is 12.0. The maximum absolute atomic E-state index is 12.0. The summed E-state index contributed by atoms with van der Waals surface area (Å²) in [5, 5.41) is 2.85. The van der Waals surface area contributed by atoms with Gasteiger partial charge in [-0.2, -0.15) is 0 Å². The van der Waals surface area contributed by atoms with E-state index in [1.165, 1.54) is 0 Å². The molecule has 114 valence electrons. The van der Waals surface area contributed by atoms with Gasteiger partial charge in [0.25, 0.3) is 0 Å². The van der Waals surface area contributed by atoms with Crippen LogP contribution in [-0.2, 0) is 9.59 Å². The predicted octanol–water partition coefficient (Wildman–Crippen LogP) is 2.13. The molecule has 1 aromatic rings. The van der Waals surface area contributed by atoms with Gasteiger partial charge in [0.15, 0.2) is 0 Å². The van der Waals surface area contributed by atoms with Gasteiger partial charge in [-0.05, 0) is 30.5 Å². The van der Waals surface area contributed by atoms with Gasteiger partial charge in [-0.1, -0.05) is 19.9 Å². The number of nitrogens with two attached hydrogens (primary N) is 1. The summed E-state index contributed by atoms with van der Waals surface area (Å²) in [5.74, 6) is 0.311. The van der Waals surface area contributed by atoms with Crippen molar-refractivity contribution in [2.75, 3.05) is 16.8 Å². The lowest BCUT2D eigenvalue weighted by atomic mass is 10.0. The van der Waals surface area contributed by atoms with E-state index < -0.39 is 0 Å². The zero-order chi connectivity index (χ0) is 15.4. The fraction of sp³-hybridized carbons (Fsp3) is 0.500. The molecule has 1 aliphatic rings. The zero-order valence-electron chi connectivity index (χ0n) is 12.6. The van der Waals surface area contributed by atoms with Crippen molar-refractivity contribution in [2.24, 2.45) is 11.7 Å². The summed E-state index contributed by atoms with van der Waals surface area (Å²) in [7, 11) is 0. The Morgan fingerprint density at radius 2 is 2.19 bits per heavy atom. The summed E-state index contributed by atoms with van der Waals surface area (Å²) < 4.78 is 0. The zero-order valence-corrected chi connectivity index (χ0v) is 12.6. The molecule has 1 heterocycles. The average molecular weight is 289 g/mol. The third-order valence-corrected chi connectivity index (χ3v) is 3.79. The highest BCUT2D eigenvalue weighted by atomic mass is 16.2. The van der Waals surface area contributed by atoms with Crippen LogP contribution in [0.1, 0.15) is 33.1 Å². The Morgan fingerprint density at radius 1 is 1.43 bits per heavy atom. The highest BCUT2D eigenvalue weighted by molar-refractivity contribution is 5.97. The Balaban J connectivity index is 2.01. The molecule has 21 heavy (non-hydrogen) atoms. The van der Waals surface area contributed by atoms with Crippen molar-refractivity contribution >= 4 is 23.2 Å². The van der Waals surface area contributed by atoms with Crippen LogP contribution in [0.3, 0.4) is 0 Å². The molecule has 3 N–H and O–H groups in total. The van der Waals surface area contributed by atoms with E-state index in [0.29, 0.717) is 18.5 Å².